The van der Waals surface area contributed by atoms with E-state index in [-0.39, 0.29) is 11.7 Å². The van der Waals surface area contributed by atoms with Crippen LogP contribution in [-0.2, 0) is 6.54 Å². The van der Waals surface area contributed by atoms with E-state index >= 15 is 0 Å². The van der Waals surface area contributed by atoms with E-state index in [1.807, 2.05) is 36.7 Å². The molecule has 1 aliphatic heterocycles. The van der Waals surface area contributed by atoms with Crippen molar-refractivity contribution < 1.29 is 9.13 Å². The summed E-state index contributed by atoms with van der Waals surface area (Å²) >= 11 is 5.95. The van der Waals surface area contributed by atoms with E-state index < -0.39 is 0 Å². The Morgan fingerprint density at radius 1 is 1.29 bits per heavy atom. The zero-order valence-electron chi connectivity index (χ0n) is 19.6. The van der Waals surface area contributed by atoms with Crippen molar-refractivity contribution in [2.24, 2.45) is 0 Å². The van der Waals surface area contributed by atoms with Gasteiger partial charge in [0.05, 0.1) is 12.8 Å². The Hall–Kier alpha value is -3.39. The van der Waals surface area contributed by atoms with E-state index in [9.17, 15) is 4.39 Å². The molecule has 0 aliphatic carbocycles. The van der Waals surface area contributed by atoms with Crippen LogP contribution in [0.25, 0.3) is 5.69 Å². The molecular weight excluding hydrogens is 455 g/mol. The molecule has 0 bridgehead atoms. The minimum atomic E-state index is -0.301. The topological polar surface area (TPSA) is 69.8 Å². The first-order valence-corrected chi connectivity index (χ1v) is 11.5. The molecule has 3 aromatic rings. The Bertz CT molecular complexity index is 1250. The number of aryl methyl sites for hydroxylation is 1. The normalized spacial score (nSPS) is 15.9. The summed E-state index contributed by atoms with van der Waals surface area (Å²) in [6.45, 7) is 8.63. The average Bonchev–Trinajstić information content (AvgIpc) is 3.33. The van der Waals surface area contributed by atoms with Crippen molar-refractivity contribution in [3.05, 3.63) is 77.4 Å². The second-order valence-electron chi connectivity index (χ2n) is 8.51. The maximum absolute atomic E-state index is 14.3. The largest absolute Gasteiger partial charge is 0.494 e. The zero-order chi connectivity index (χ0) is 24.2. The van der Waals surface area contributed by atoms with Crippen molar-refractivity contribution in [3.8, 4) is 11.4 Å². The van der Waals surface area contributed by atoms with Crippen LogP contribution in [0.3, 0.4) is 0 Å². The minimum Gasteiger partial charge on any atom is -0.494 e. The number of hydrogen-bond acceptors (Lipinski definition) is 5. The van der Waals surface area contributed by atoms with Crippen LogP contribution in [0.4, 0.5) is 16.0 Å². The number of allylic oxidation sites excluding steroid dienone is 5. The SMILES string of the molecule is C=C(/C=C(/F)C=C(C)C)[C@@H]1CCCCn2nc(Nc3ccc(-n4cnc(Cl)c4)c(OC)c3)nc21. The van der Waals surface area contributed by atoms with Crippen molar-refractivity contribution >= 4 is 23.2 Å². The summed E-state index contributed by atoms with van der Waals surface area (Å²) < 4.78 is 23.6. The third kappa shape index (κ3) is 5.39. The first kappa shape index (κ1) is 23.8. The number of hydrogen-bond donors (Lipinski definition) is 1. The van der Waals surface area contributed by atoms with E-state index in [1.165, 1.54) is 12.2 Å². The first-order chi connectivity index (χ1) is 16.3. The molecule has 0 unspecified atom stereocenters. The second-order valence-corrected chi connectivity index (χ2v) is 8.89. The Morgan fingerprint density at radius 2 is 2.12 bits per heavy atom. The number of aromatic nitrogens is 5. The lowest BCUT2D eigenvalue weighted by Gasteiger charge is -2.14. The molecule has 1 atom stereocenters. The van der Waals surface area contributed by atoms with Crippen LogP contribution >= 0.6 is 11.6 Å². The summed E-state index contributed by atoms with van der Waals surface area (Å²) in [7, 11) is 1.61. The molecule has 0 saturated carbocycles. The summed E-state index contributed by atoms with van der Waals surface area (Å²) in [6, 6.07) is 5.68. The van der Waals surface area contributed by atoms with Crippen LogP contribution in [0.2, 0.25) is 5.15 Å². The van der Waals surface area contributed by atoms with E-state index in [1.54, 1.807) is 24.2 Å². The average molecular weight is 483 g/mol. The number of anilines is 2. The summed E-state index contributed by atoms with van der Waals surface area (Å²) in [4.78, 5) is 8.81. The molecule has 0 fully saturated rings. The molecule has 0 spiro atoms. The lowest BCUT2D eigenvalue weighted by Crippen LogP contribution is -2.08. The maximum Gasteiger partial charge on any atom is 0.246 e. The molecule has 34 heavy (non-hydrogen) atoms. The van der Waals surface area contributed by atoms with Crippen molar-refractivity contribution in [2.45, 2.75) is 45.6 Å². The highest BCUT2D eigenvalue weighted by Crippen LogP contribution is 2.34. The summed E-state index contributed by atoms with van der Waals surface area (Å²) in [5, 5.41) is 8.33. The number of nitrogens with one attached hydrogen (secondary N) is 1. The number of rotatable bonds is 7. The van der Waals surface area contributed by atoms with Crippen molar-refractivity contribution in [1.29, 1.82) is 0 Å². The number of imidazole rings is 1. The van der Waals surface area contributed by atoms with Crippen LogP contribution < -0.4 is 10.1 Å². The van der Waals surface area contributed by atoms with Crippen molar-refractivity contribution in [3.63, 3.8) is 0 Å². The molecule has 3 heterocycles. The number of fused-ring (bicyclic) bond motifs is 1. The van der Waals surface area contributed by atoms with Gasteiger partial charge < -0.3 is 14.6 Å². The van der Waals surface area contributed by atoms with Gasteiger partial charge in [-0.05, 0) is 56.5 Å². The molecule has 178 valence electrons. The predicted molar refractivity (Wildman–Crippen MR) is 133 cm³/mol. The van der Waals surface area contributed by atoms with Gasteiger partial charge in [0, 0.05) is 30.4 Å². The fraction of sp³-hybridized carbons (Fsp3) is 0.320. The fourth-order valence-electron chi connectivity index (χ4n) is 4.04. The molecule has 0 amide bonds. The molecule has 2 aromatic heterocycles. The van der Waals surface area contributed by atoms with Crippen LogP contribution in [-0.4, -0.2) is 31.4 Å². The Kier molecular flexibility index (Phi) is 7.17. The smallest absolute Gasteiger partial charge is 0.246 e. The summed E-state index contributed by atoms with van der Waals surface area (Å²) in [5.74, 6) is 1.52. The number of ether oxygens (including phenoxy) is 1. The van der Waals surface area contributed by atoms with Crippen molar-refractivity contribution in [2.75, 3.05) is 12.4 Å². The predicted octanol–water partition coefficient (Wildman–Crippen LogP) is 6.51. The molecule has 7 nitrogen and oxygen atoms in total. The van der Waals surface area contributed by atoms with Crippen LogP contribution in [0, 0.1) is 0 Å². The number of nitrogens with zero attached hydrogens (tertiary/aromatic N) is 5. The molecule has 1 N–H and O–H groups in total. The summed E-state index contributed by atoms with van der Waals surface area (Å²) in [5.41, 5.74) is 3.18. The highest BCUT2D eigenvalue weighted by atomic mass is 35.5. The minimum absolute atomic E-state index is 0.0928. The lowest BCUT2D eigenvalue weighted by atomic mass is 9.94. The Morgan fingerprint density at radius 3 is 2.82 bits per heavy atom. The molecule has 1 aliphatic rings. The van der Waals surface area contributed by atoms with Gasteiger partial charge in [-0.3, -0.25) is 0 Å². The first-order valence-electron chi connectivity index (χ1n) is 11.1. The van der Waals surface area contributed by atoms with Gasteiger partial charge >= 0.3 is 0 Å². The number of benzene rings is 1. The van der Waals surface area contributed by atoms with E-state index in [0.717, 1.165) is 48.6 Å². The third-order valence-corrected chi connectivity index (χ3v) is 5.78. The van der Waals surface area contributed by atoms with Gasteiger partial charge in [0.25, 0.3) is 0 Å². The monoisotopic (exact) mass is 482 g/mol. The van der Waals surface area contributed by atoms with E-state index in [0.29, 0.717) is 22.4 Å². The second kappa shape index (κ2) is 10.3. The maximum atomic E-state index is 14.3. The van der Waals surface area contributed by atoms with Gasteiger partial charge in [0.15, 0.2) is 0 Å². The summed E-state index contributed by atoms with van der Waals surface area (Å²) in [6.07, 6.45) is 9.19. The third-order valence-electron chi connectivity index (χ3n) is 5.59. The van der Waals surface area contributed by atoms with Gasteiger partial charge in [-0.15, -0.1) is 5.10 Å². The van der Waals surface area contributed by atoms with Crippen molar-refractivity contribution in [1.82, 2.24) is 24.3 Å². The van der Waals surface area contributed by atoms with Crippen LogP contribution in [0.5, 0.6) is 5.75 Å². The van der Waals surface area contributed by atoms with Gasteiger partial charge in [0.1, 0.15) is 28.9 Å². The Balaban J connectivity index is 1.59. The van der Waals surface area contributed by atoms with Gasteiger partial charge in [0.2, 0.25) is 5.95 Å². The van der Waals surface area contributed by atoms with E-state index in [2.05, 4.69) is 22.0 Å². The highest BCUT2D eigenvalue weighted by molar-refractivity contribution is 6.29. The number of halogens is 2. The number of methoxy groups -OCH3 is 1. The molecule has 1 aromatic carbocycles. The van der Waals surface area contributed by atoms with Gasteiger partial charge in [-0.2, -0.15) is 4.98 Å². The van der Waals surface area contributed by atoms with Gasteiger partial charge in [-0.25, -0.2) is 14.1 Å². The molecule has 4 rings (SSSR count). The van der Waals surface area contributed by atoms with Crippen LogP contribution in [0.1, 0.15) is 44.9 Å². The Labute approximate surface area is 203 Å². The van der Waals surface area contributed by atoms with Crippen LogP contribution in [0.15, 0.2) is 66.4 Å². The van der Waals surface area contributed by atoms with Gasteiger partial charge in [-0.1, -0.05) is 30.2 Å². The van der Waals surface area contributed by atoms with E-state index in [4.69, 9.17) is 21.3 Å². The molecule has 0 radical (unpaired) electrons. The molecule has 9 heteroatoms. The fourth-order valence-corrected chi connectivity index (χ4v) is 4.19. The zero-order valence-corrected chi connectivity index (χ0v) is 20.3. The molecular formula is C25H28ClFN6O. The lowest BCUT2D eigenvalue weighted by molar-refractivity contribution is 0.413. The standard InChI is InChI=1S/C25H28ClFN6O/c1-16(2)11-18(27)12-17(3)20-7-5-6-10-33-24(20)30-25(31-33)29-19-8-9-21(22(13-19)34-4)32-14-23(26)28-15-32/h8-9,11-15,20H,3,5-7,10H2,1-2,4H3,(H,29,31)/b18-12+/t20-/m0/s1. The quantitative estimate of drug-likeness (QED) is 0.388. The molecule has 0 saturated heterocycles. The highest BCUT2D eigenvalue weighted by Gasteiger charge is 2.25.